The number of imidazole rings is 1. The molecule has 0 radical (unpaired) electrons. The summed E-state index contributed by atoms with van der Waals surface area (Å²) in [6, 6.07) is 5.77. The van der Waals surface area contributed by atoms with E-state index in [1.807, 2.05) is 0 Å². The number of nitrogens with zero attached hydrogens (tertiary/aromatic N) is 4. The summed E-state index contributed by atoms with van der Waals surface area (Å²) in [5, 5.41) is 37.6. The highest BCUT2D eigenvalue weighted by Crippen LogP contribution is 2.30. The topological polar surface area (TPSA) is 139 Å². The van der Waals surface area contributed by atoms with Crippen molar-refractivity contribution in [3.63, 3.8) is 0 Å². The Morgan fingerprint density at radius 2 is 1.89 bits per heavy atom. The van der Waals surface area contributed by atoms with Gasteiger partial charge >= 0.3 is 0 Å². The van der Waals surface area contributed by atoms with E-state index in [0.29, 0.717) is 5.56 Å². The number of nitrogens with one attached hydrogen (secondary N) is 1. The first-order chi connectivity index (χ1) is 13.5. The molecule has 1 aliphatic rings. The van der Waals surface area contributed by atoms with Gasteiger partial charge in [0.2, 0.25) is 0 Å². The number of ether oxygens (including phenoxy) is 1. The standard InChI is InChI=1S/C17H18FN5O5/c18-10-3-1-9(2-4-10)6-27-23-8-21-16-12(15(23)19)20-7-22(16)17-14(26)13(25)11(5-24)28-17/h1-4,7-8,11,13-14,17,19,24-26H,5-6H2/t11-,13-,14-,17-/m1/s1. The molecule has 0 bridgehead atoms. The molecule has 0 spiro atoms. The summed E-state index contributed by atoms with van der Waals surface area (Å²) in [5.41, 5.74) is 1.07. The molecular weight excluding hydrogens is 373 g/mol. The van der Waals surface area contributed by atoms with E-state index >= 15 is 0 Å². The van der Waals surface area contributed by atoms with E-state index in [0.717, 1.165) is 4.73 Å². The fourth-order valence-electron chi connectivity index (χ4n) is 3.04. The van der Waals surface area contributed by atoms with Gasteiger partial charge in [0.1, 0.15) is 37.1 Å². The lowest BCUT2D eigenvalue weighted by Crippen LogP contribution is -2.33. The molecule has 4 atom stereocenters. The van der Waals surface area contributed by atoms with Gasteiger partial charge < -0.3 is 24.9 Å². The van der Waals surface area contributed by atoms with Gasteiger partial charge in [-0.2, -0.15) is 4.73 Å². The molecule has 1 aliphatic heterocycles. The Kier molecular flexibility index (Phi) is 4.81. The van der Waals surface area contributed by atoms with Gasteiger partial charge in [-0.1, -0.05) is 12.1 Å². The SMILES string of the molecule is N=c1c2ncn([C@@H]3O[C@H](CO)[C@@H](O)[C@H]3O)c2ncn1OCc1ccc(F)cc1. The van der Waals surface area contributed by atoms with Crippen molar-refractivity contribution in [3.8, 4) is 0 Å². The number of aliphatic hydroxyl groups is 3. The van der Waals surface area contributed by atoms with Crippen molar-refractivity contribution < 1.29 is 29.3 Å². The Morgan fingerprint density at radius 1 is 1.14 bits per heavy atom. The van der Waals surface area contributed by atoms with Gasteiger partial charge in [0, 0.05) is 0 Å². The molecule has 4 rings (SSSR count). The number of fused-ring (bicyclic) bond motifs is 1. The maximum atomic E-state index is 13.0. The van der Waals surface area contributed by atoms with E-state index in [1.54, 1.807) is 12.1 Å². The maximum absolute atomic E-state index is 13.0. The Morgan fingerprint density at radius 3 is 2.57 bits per heavy atom. The van der Waals surface area contributed by atoms with Gasteiger partial charge in [0.05, 0.1) is 12.9 Å². The molecule has 1 aromatic carbocycles. The molecule has 28 heavy (non-hydrogen) atoms. The zero-order valence-corrected chi connectivity index (χ0v) is 14.5. The minimum absolute atomic E-state index is 0.0856. The van der Waals surface area contributed by atoms with E-state index in [-0.39, 0.29) is 29.1 Å². The van der Waals surface area contributed by atoms with Crippen LogP contribution in [0.2, 0.25) is 0 Å². The van der Waals surface area contributed by atoms with Crippen molar-refractivity contribution in [2.45, 2.75) is 31.1 Å². The normalized spacial score (nSPS) is 24.7. The summed E-state index contributed by atoms with van der Waals surface area (Å²) < 4.78 is 21.0. The summed E-state index contributed by atoms with van der Waals surface area (Å²) in [7, 11) is 0. The average molecular weight is 391 g/mol. The quantitative estimate of drug-likeness (QED) is 0.442. The van der Waals surface area contributed by atoms with Gasteiger partial charge in [-0.3, -0.25) is 9.98 Å². The molecule has 0 unspecified atom stereocenters. The van der Waals surface area contributed by atoms with Crippen molar-refractivity contribution in [2.75, 3.05) is 6.61 Å². The van der Waals surface area contributed by atoms with Crippen LogP contribution in [0.25, 0.3) is 11.2 Å². The zero-order chi connectivity index (χ0) is 19.8. The van der Waals surface area contributed by atoms with E-state index in [1.165, 1.54) is 29.4 Å². The number of rotatable bonds is 5. The first-order valence-corrected chi connectivity index (χ1v) is 8.48. The van der Waals surface area contributed by atoms with E-state index in [2.05, 4.69) is 9.97 Å². The number of aromatic nitrogens is 4. The minimum atomic E-state index is -1.28. The summed E-state index contributed by atoms with van der Waals surface area (Å²) in [6.45, 7) is -0.352. The van der Waals surface area contributed by atoms with Gasteiger partial charge in [-0.25, -0.2) is 14.4 Å². The molecule has 1 saturated heterocycles. The second-order valence-corrected chi connectivity index (χ2v) is 6.37. The summed E-state index contributed by atoms with van der Waals surface area (Å²) in [4.78, 5) is 13.9. The van der Waals surface area contributed by atoms with Crippen LogP contribution in [0.5, 0.6) is 0 Å². The van der Waals surface area contributed by atoms with Crippen LogP contribution in [0.1, 0.15) is 11.8 Å². The summed E-state index contributed by atoms with van der Waals surface area (Å²) in [5.74, 6) is -0.351. The Hall–Kier alpha value is -2.86. The van der Waals surface area contributed by atoms with Crippen LogP contribution >= 0.6 is 0 Å². The third-order valence-corrected chi connectivity index (χ3v) is 4.57. The van der Waals surface area contributed by atoms with Crippen LogP contribution in [0.4, 0.5) is 4.39 Å². The van der Waals surface area contributed by atoms with Gasteiger partial charge in [0.15, 0.2) is 22.9 Å². The number of benzene rings is 1. The van der Waals surface area contributed by atoms with E-state index in [4.69, 9.17) is 15.0 Å². The minimum Gasteiger partial charge on any atom is -0.406 e. The lowest BCUT2D eigenvalue weighted by molar-refractivity contribution is -0.0511. The van der Waals surface area contributed by atoms with Crippen molar-refractivity contribution in [2.24, 2.45) is 0 Å². The number of hydrogen-bond donors (Lipinski definition) is 4. The van der Waals surface area contributed by atoms with Gasteiger partial charge in [-0.05, 0) is 17.7 Å². The molecule has 2 aromatic heterocycles. The van der Waals surface area contributed by atoms with Crippen LogP contribution in [-0.4, -0.2) is 59.5 Å². The Balaban J connectivity index is 1.59. The fourth-order valence-corrected chi connectivity index (χ4v) is 3.04. The highest BCUT2D eigenvalue weighted by atomic mass is 19.1. The third kappa shape index (κ3) is 3.14. The fraction of sp³-hybridized carbons (Fsp3) is 0.353. The molecule has 0 amide bonds. The van der Waals surface area contributed by atoms with Gasteiger partial charge in [-0.15, -0.1) is 0 Å². The van der Waals surface area contributed by atoms with Crippen LogP contribution in [0.15, 0.2) is 36.9 Å². The molecule has 11 heteroatoms. The number of halogens is 1. The van der Waals surface area contributed by atoms with Crippen LogP contribution in [0.3, 0.4) is 0 Å². The average Bonchev–Trinajstić information content (AvgIpc) is 3.24. The molecule has 4 N–H and O–H groups in total. The van der Waals surface area contributed by atoms with Crippen LogP contribution in [-0.2, 0) is 11.3 Å². The van der Waals surface area contributed by atoms with Gasteiger partial charge in [0.25, 0.3) is 0 Å². The monoisotopic (exact) mass is 391 g/mol. The Labute approximate surface area is 157 Å². The number of hydrogen-bond acceptors (Lipinski definition) is 8. The van der Waals surface area contributed by atoms with Crippen molar-refractivity contribution in [1.82, 2.24) is 19.3 Å². The highest BCUT2D eigenvalue weighted by molar-refractivity contribution is 5.68. The smallest absolute Gasteiger partial charge is 0.192 e. The Bertz CT molecular complexity index is 1040. The second-order valence-electron chi connectivity index (χ2n) is 6.37. The first-order valence-electron chi connectivity index (χ1n) is 8.48. The molecular formula is C17H18FN5O5. The van der Waals surface area contributed by atoms with Crippen molar-refractivity contribution in [3.05, 3.63) is 53.8 Å². The van der Waals surface area contributed by atoms with E-state index in [9.17, 15) is 19.7 Å². The lowest BCUT2D eigenvalue weighted by Gasteiger charge is -2.16. The predicted octanol–water partition coefficient (Wildman–Crippen LogP) is -0.908. The molecule has 10 nitrogen and oxygen atoms in total. The largest absolute Gasteiger partial charge is 0.406 e. The molecule has 0 saturated carbocycles. The van der Waals surface area contributed by atoms with Crippen molar-refractivity contribution in [1.29, 1.82) is 5.41 Å². The second kappa shape index (κ2) is 7.28. The van der Waals surface area contributed by atoms with Crippen molar-refractivity contribution >= 4 is 11.2 Å². The molecule has 148 valence electrons. The lowest BCUT2D eigenvalue weighted by atomic mass is 10.1. The molecule has 3 aromatic rings. The van der Waals surface area contributed by atoms with E-state index < -0.39 is 31.1 Å². The first kappa shape index (κ1) is 18.5. The van der Waals surface area contributed by atoms with Crippen LogP contribution in [0, 0.1) is 11.2 Å². The third-order valence-electron chi connectivity index (χ3n) is 4.57. The zero-order valence-electron chi connectivity index (χ0n) is 14.5. The number of aliphatic hydroxyl groups excluding tert-OH is 3. The maximum Gasteiger partial charge on any atom is 0.192 e. The molecule has 3 heterocycles. The van der Waals surface area contributed by atoms with Crippen LogP contribution < -0.4 is 10.3 Å². The summed E-state index contributed by atoms with van der Waals surface area (Å²) >= 11 is 0. The molecule has 0 aliphatic carbocycles. The molecule has 1 fully saturated rings. The highest BCUT2D eigenvalue weighted by Gasteiger charge is 2.43. The summed E-state index contributed by atoms with van der Waals surface area (Å²) in [6.07, 6.45) is -1.86. The predicted molar refractivity (Wildman–Crippen MR) is 91.1 cm³/mol.